The molecular weight excluding hydrogens is 250 g/mol. The highest BCUT2D eigenvalue weighted by Crippen LogP contribution is 2.28. The van der Waals surface area contributed by atoms with Crippen molar-refractivity contribution in [1.29, 1.82) is 0 Å². The summed E-state index contributed by atoms with van der Waals surface area (Å²) in [5.74, 6) is 0. The molecule has 0 aromatic heterocycles. The van der Waals surface area contributed by atoms with E-state index < -0.39 is 21.7 Å². The molecule has 58 valence electrons. The highest BCUT2D eigenvalue weighted by Gasteiger charge is 2.29. The predicted octanol–water partition coefficient (Wildman–Crippen LogP) is 0.997. The molecule has 0 saturated carbocycles. The first-order chi connectivity index (χ1) is 4.52. The minimum Gasteiger partial charge on any atom is -0.133 e. The van der Waals surface area contributed by atoms with Crippen LogP contribution < -0.4 is 0 Å². The van der Waals surface area contributed by atoms with Gasteiger partial charge in [0.25, 0.3) is 0 Å². The number of hydrogen-bond acceptors (Lipinski definition) is 4. The van der Waals surface area contributed by atoms with Gasteiger partial charge in [-0.15, -0.1) is 9.79 Å². The molecule has 0 aliphatic heterocycles. The van der Waals surface area contributed by atoms with E-state index in [1.54, 1.807) is 0 Å². The summed E-state index contributed by atoms with van der Waals surface area (Å²) in [5.41, 5.74) is 0. The second kappa shape index (κ2) is 5.21. The summed E-state index contributed by atoms with van der Waals surface area (Å²) in [6, 6.07) is 0. The normalized spacial score (nSPS) is 16.3. The van der Waals surface area contributed by atoms with E-state index in [9.17, 15) is 9.13 Å². The molecular formula is CH3BrO6P2+2. The van der Waals surface area contributed by atoms with Crippen LogP contribution in [0.15, 0.2) is 0 Å². The molecule has 2 unspecified atom stereocenters. The zero-order valence-corrected chi connectivity index (χ0v) is 7.75. The van der Waals surface area contributed by atoms with Gasteiger partial charge >= 0.3 is 21.7 Å². The standard InChI is InChI=1S/CHBrO6P2/c2-1(7-9(3)4)8-10(5)6/h1H/p+2. The van der Waals surface area contributed by atoms with Crippen molar-refractivity contribution in [3.63, 3.8) is 0 Å². The van der Waals surface area contributed by atoms with Gasteiger partial charge in [-0.2, -0.15) is 0 Å². The molecule has 0 rings (SSSR count). The maximum atomic E-state index is 9.83. The lowest BCUT2D eigenvalue weighted by Crippen LogP contribution is -1.98. The maximum Gasteiger partial charge on any atom is 0.698 e. The minimum absolute atomic E-state index is 1.34. The molecule has 0 aliphatic rings. The SMILES string of the molecule is O=[P+](O)OC(Br)O[P+](=O)O. The zero-order chi connectivity index (χ0) is 8.15. The van der Waals surface area contributed by atoms with Gasteiger partial charge in [0.1, 0.15) is 0 Å². The summed E-state index contributed by atoms with van der Waals surface area (Å²) in [4.78, 5) is 16.1. The van der Waals surface area contributed by atoms with E-state index in [0.717, 1.165) is 0 Å². The van der Waals surface area contributed by atoms with Gasteiger partial charge < -0.3 is 0 Å². The van der Waals surface area contributed by atoms with Crippen molar-refractivity contribution in [2.24, 2.45) is 0 Å². The third-order valence-corrected chi connectivity index (χ3v) is 2.04. The van der Waals surface area contributed by atoms with E-state index in [0.29, 0.717) is 0 Å². The van der Waals surface area contributed by atoms with Crippen molar-refractivity contribution in [3.8, 4) is 0 Å². The Morgan fingerprint density at radius 2 is 1.50 bits per heavy atom. The molecule has 2 atom stereocenters. The number of rotatable bonds is 4. The molecule has 0 aliphatic carbocycles. The summed E-state index contributed by atoms with van der Waals surface area (Å²) in [6.45, 7) is 0. The van der Waals surface area contributed by atoms with Crippen molar-refractivity contribution in [1.82, 2.24) is 0 Å². The first kappa shape index (κ1) is 10.5. The van der Waals surface area contributed by atoms with Crippen LogP contribution in [0.2, 0.25) is 0 Å². The average Bonchev–Trinajstić information content (AvgIpc) is 1.58. The second-order valence-electron chi connectivity index (χ2n) is 0.961. The first-order valence-corrected chi connectivity index (χ1v) is 5.00. The van der Waals surface area contributed by atoms with Crippen molar-refractivity contribution < 1.29 is 28.0 Å². The van der Waals surface area contributed by atoms with E-state index in [-0.39, 0.29) is 0 Å². The Bertz CT molecular complexity index is 131. The fourth-order valence-corrected chi connectivity index (χ4v) is 1.46. The smallest absolute Gasteiger partial charge is 0.133 e. The molecule has 0 spiro atoms. The fraction of sp³-hybridized carbons (Fsp3) is 1.00. The van der Waals surface area contributed by atoms with Crippen molar-refractivity contribution in [2.45, 2.75) is 5.20 Å². The lowest BCUT2D eigenvalue weighted by Gasteiger charge is -1.86. The van der Waals surface area contributed by atoms with E-state index in [1.165, 1.54) is 0 Å². The molecule has 0 aromatic rings. The van der Waals surface area contributed by atoms with E-state index in [1.807, 2.05) is 0 Å². The van der Waals surface area contributed by atoms with Crippen LogP contribution in [0.4, 0.5) is 0 Å². The van der Waals surface area contributed by atoms with Crippen LogP contribution in [-0.2, 0) is 18.2 Å². The molecule has 10 heavy (non-hydrogen) atoms. The van der Waals surface area contributed by atoms with Gasteiger partial charge in [-0.05, 0) is 15.9 Å². The maximum absolute atomic E-state index is 9.83. The monoisotopic (exact) mass is 252 g/mol. The summed E-state index contributed by atoms with van der Waals surface area (Å²) in [5, 5.41) is -1.34. The van der Waals surface area contributed by atoms with Gasteiger partial charge in [0.15, 0.2) is 0 Å². The zero-order valence-electron chi connectivity index (χ0n) is 4.38. The number of hydrogen-bond donors (Lipinski definition) is 2. The minimum atomic E-state index is -2.83. The third kappa shape index (κ3) is 6.64. The van der Waals surface area contributed by atoms with Crippen molar-refractivity contribution >= 4 is 32.4 Å². The Kier molecular flexibility index (Phi) is 5.48. The van der Waals surface area contributed by atoms with Crippen LogP contribution in [0.5, 0.6) is 0 Å². The summed E-state index contributed by atoms with van der Waals surface area (Å²) < 4.78 is 27.6. The molecule has 0 heterocycles. The van der Waals surface area contributed by atoms with Crippen LogP contribution in [0.3, 0.4) is 0 Å². The third-order valence-electron chi connectivity index (χ3n) is 0.346. The van der Waals surface area contributed by atoms with Crippen LogP contribution in [0.1, 0.15) is 0 Å². The summed E-state index contributed by atoms with van der Waals surface area (Å²) in [6.07, 6.45) is 0. The number of alkyl halides is 1. The largest absolute Gasteiger partial charge is 0.698 e. The molecule has 0 fully saturated rings. The second-order valence-corrected chi connectivity index (χ2v) is 3.08. The Labute approximate surface area is 66.2 Å². The van der Waals surface area contributed by atoms with Gasteiger partial charge in [-0.25, -0.2) is 0 Å². The van der Waals surface area contributed by atoms with Gasteiger partial charge in [-0.3, -0.25) is 0 Å². The lowest BCUT2D eigenvalue weighted by molar-refractivity contribution is 0.0837. The summed E-state index contributed by atoms with van der Waals surface area (Å²) >= 11 is 2.55. The van der Waals surface area contributed by atoms with Crippen molar-refractivity contribution in [2.75, 3.05) is 0 Å². The fourth-order valence-electron chi connectivity index (χ4n) is 0.161. The Morgan fingerprint density at radius 3 is 1.70 bits per heavy atom. The van der Waals surface area contributed by atoms with Gasteiger partial charge in [0.2, 0.25) is 0 Å². The molecule has 0 amide bonds. The average molecular weight is 253 g/mol. The molecule has 0 aromatic carbocycles. The molecule has 0 radical (unpaired) electrons. The van der Waals surface area contributed by atoms with Gasteiger partial charge in [0.05, 0.1) is 0 Å². The molecule has 9 heteroatoms. The Balaban J connectivity index is 3.53. The lowest BCUT2D eigenvalue weighted by atomic mass is 11.5. The van der Waals surface area contributed by atoms with E-state index in [2.05, 4.69) is 25.0 Å². The molecule has 6 nitrogen and oxygen atoms in total. The summed E-state index contributed by atoms with van der Waals surface area (Å²) in [7, 11) is -5.66. The Hall–Kier alpha value is 0.520. The molecule has 2 N–H and O–H groups in total. The topological polar surface area (TPSA) is 93.1 Å². The van der Waals surface area contributed by atoms with Gasteiger partial charge in [0, 0.05) is 9.13 Å². The van der Waals surface area contributed by atoms with Crippen LogP contribution in [0.25, 0.3) is 0 Å². The molecule has 0 saturated heterocycles. The molecule has 0 bridgehead atoms. The quantitative estimate of drug-likeness (QED) is 0.441. The van der Waals surface area contributed by atoms with Crippen LogP contribution in [0, 0.1) is 0 Å². The first-order valence-electron chi connectivity index (χ1n) is 1.82. The van der Waals surface area contributed by atoms with Crippen LogP contribution in [-0.4, -0.2) is 15.0 Å². The van der Waals surface area contributed by atoms with Crippen LogP contribution >= 0.6 is 32.4 Å². The number of halogens is 1. The van der Waals surface area contributed by atoms with Gasteiger partial charge in [-0.1, -0.05) is 9.05 Å². The van der Waals surface area contributed by atoms with E-state index in [4.69, 9.17) is 9.79 Å². The van der Waals surface area contributed by atoms with E-state index >= 15 is 0 Å². The van der Waals surface area contributed by atoms with Crippen molar-refractivity contribution in [3.05, 3.63) is 0 Å². The predicted molar refractivity (Wildman–Crippen MR) is 34.5 cm³/mol. The highest BCUT2D eigenvalue weighted by molar-refractivity contribution is 9.09. The highest BCUT2D eigenvalue weighted by atomic mass is 79.9. The Morgan fingerprint density at radius 1 is 1.20 bits per heavy atom.